The molecule has 1 aliphatic heterocycles. The molecular formula is C26H20BrN3O3. The number of rotatable bonds is 2. The number of carbonyl (C=O) groups is 1. The number of hydrogen-bond acceptors (Lipinski definition) is 5. The van der Waals surface area contributed by atoms with Gasteiger partial charge in [0.25, 0.3) is 0 Å². The van der Waals surface area contributed by atoms with E-state index >= 15 is 0 Å². The Kier molecular flexibility index (Phi) is 5.56. The maximum atomic E-state index is 12.1. The van der Waals surface area contributed by atoms with Gasteiger partial charge in [0.1, 0.15) is 5.75 Å². The average molecular weight is 502 g/mol. The van der Waals surface area contributed by atoms with Crippen LogP contribution in [0.1, 0.15) is 11.1 Å². The minimum absolute atomic E-state index is 0.377. The molecule has 6 nitrogen and oxygen atoms in total. The molecule has 0 spiro atoms. The first-order valence-electron chi connectivity index (χ1n) is 10.4. The zero-order valence-electron chi connectivity index (χ0n) is 18.1. The van der Waals surface area contributed by atoms with E-state index in [-0.39, 0.29) is 0 Å². The average Bonchev–Trinajstić information content (AvgIpc) is 2.98. The molecule has 164 valence electrons. The molecule has 33 heavy (non-hydrogen) atoms. The highest BCUT2D eigenvalue weighted by Gasteiger charge is 2.27. The number of halogens is 1. The molecule has 0 aliphatic carbocycles. The third-order valence-corrected chi connectivity index (χ3v) is 6.09. The van der Waals surface area contributed by atoms with E-state index < -0.39 is 6.09 Å². The second kappa shape index (κ2) is 8.67. The highest BCUT2D eigenvalue weighted by atomic mass is 79.9. The first-order chi connectivity index (χ1) is 16.0. The van der Waals surface area contributed by atoms with Gasteiger partial charge in [-0.25, -0.2) is 9.78 Å². The maximum absolute atomic E-state index is 12.1. The fraction of sp³-hybridized carbons (Fsp3) is 0.115. The van der Waals surface area contributed by atoms with Crippen molar-refractivity contribution in [3.8, 4) is 22.8 Å². The van der Waals surface area contributed by atoms with Crippen LogP contribution in [0.4, 0.5) is 4.79 Å². The van der Waals surface area contributed by atoms with Gasteiger partial charge in [0.2, 0.25) is 5.88 Å². The van der Waals surface area contributed by atoms with Crippen molar-refractivity contribution in [2.24, 2.45) is 5.16 Å². The lowest BCUT2D eigenvalue weighted by atomic mass is 9.92. The normalized spacial score (nSPS) is 13.6. The molecule has 0 bridgehead atoms. The summed E-state index contributed by atoms with van der Waals surface area (Å²) in [7, 11) is 3.23. The topological polar surface area (TPSA) is 64.0 Å². The van der Waals surface area contributed by atoms with Crippen LogP contribution >= 0.6 is 15.9 Å². The van der Waals surface area contributed by atoms with Gasteiger partial charge in [-0.1, -0.05) is 69.6 Å². The van der Waals surface area contributed by atoms with Crippen molar-refractivity contribution in [2.75, 3.05) is 14.1 Å². The fourth-order valence-electron chi connectivity index (χ4n) is 3.88. The highest BCUT2D eigenvalue weighted by Crippen LogP contribution is 2.43. The Hall–Kier alpha value is -3.71. The second-order valence-corrected chi connectivity index (χ2v) is 8.69. The predicted molar refractivity (Wildman–Crippen MR) is 132 cm³/mol. The van der Waals surface area contributed by atoms with E-state index in [9.17, 15) is 4.79 Å². The van der Waals surface area contributed by atoms with Crippen LogP contribution in [-0.2, 0) is 11.3 Å². The largest absolute Gasteiger partial charge is 0.438 e. The summed E-state index contributed by atoms with van der Waals surface area (Å²) < 4.78 is 7.28. The Morgan fingerprint density at radius 2 is 1.79 bits per heavy atom. The Morgan fingerprint density at radius 3 is 2.58 bits per heavy atom. The van der Waals surface area contributed by atoms with E-state index in [1.165, 1.54) is 4.90 Å². The van der Waals surface area contributed by atoms with Crippen LogP contribution in [-0.4, -0.2) is 35.8 Å². The molecule has 7 heteroatoms. The molecule has 0 unspecified atom stereocenters. The van der Waals surface area contributed by atoms with Crippen molar-refractivity contribution >= 4 is 38.6 Å². The molecule has 5 rings (SSSR count). The van der Waals surface area contributed by atoms with E-state index in [0.29, 0.717) is 23.8 Å². The van der Waals surface area contributed by atoms with Gasteiger partial charge in [0.15, 0.2) is 0 Å². The molecule has 4 aromatic rings. The number of pyridine rings is 1. The number of benzene rings is 3. The van der Waals surface area contributed by atoms with E-state index in [1.54, 1.807) is 14.1 Å². The number of aromatic nitrogens is 1. The molecule has 0 radical (unpaired) electrons. The Balaban J connectivity index is 1.78. The molecule has 0 N–H and O–H groups in total. The molecule has 1 amide bonds. The van der Waals surface area contributed by atoms with Crippen LogP contribution < -0.4 is 4.74 Å². The van der Waals surface area contributed by atoms with Crippen LogP contribution in [0.2, 0.25) is 0 Å². The van der Waals surface area contributed by atoms with E-state index in [1.807, 2.05) is 60.7 Å². The zero-order chi connectivity index (χ0) is 22.9. The lowest BCUT2D eigenvalue weighted by molar-refractivity contribution is 0.122. The molecule has 1 aliphatic rings. The third-order valence-electron chi connectivity index (χ3n) is 5.43. The Bertz CT molecular complexity index is 1400. The Labute approximate surface area is 199 Å². The molecule has 0 fully saturated rings. The van der Waals surface area contributed by atoms with Crippen LogP contribution in [0.25, 0.3) is 22.0 Å². The second-order valence-electron chi connectivity index (χ2n) is 7.84. The van der Waals surface area contributed by atoms with Gasteiger partial charge in [-0.05, 0) is 29.8 Å². The third kappa shape index (κ3) is 3.96. The summed E-state index contributed by atoms with van der Waals surface area (Å²) in [4.78, 5) is 23.5. The Morgan fingerprint density at radius 1 is 1.03 bits per heavy atom. The minimum Gasteiger partial charge on any atom is -0.438 e. The van der Waals surface area contributed by atoms with Crippen molar-refractivity contribution in [3.63, 3.8) is 0 Å². The summed E-state index contributed by atoms with van der Waals surface area (Å²) in [6.45, 7) is 0. The maximum Gasteiger partial charge on any atom is 0.435 e. The van der Waals surface area contributed by atoms with Crippen LogP contribution in [0.15, 0.2) is 82.4 Å². The molecular weight excluding hydrogens is 482 g/mol. The monoisotopic (exact) mass is 501 g/mol. The van der Waals surface area contributed by atoms with Crippen molar-refractivity contribution < 1.29 is 14.4 Å². The van der Waals surface area contributed by atoms with Crippen LogP contribution in [0.3, 0.4) is 0 Å². The van der Waals surface area contributed by atoms with E-state index in [4.69, 9.17) is 14.6 Å². The summed E-state index contributed by atoms with van der Waals surface area (Å²) >= 11 is 3.72. The van der Waals surface area contributed by atoms with Gasteiger partial charge in [-0.2, -0.15) is 0 Å². The summed E-state index contributed by atoms with van der Waals surface area (Å²) in [6.07, 6.45) is -0.172. The number of hydrogen-bond donors (Lipinski definition) is 0. The summed E-state index contributed by atoms with van der Waals surface area (Å²) in [5, 5.41) is 5.24. The van der Waals surface area contributed by atoms with Gasteiger partial charge in [-0.15, -0.1) is 0 Å². The smallest absolute Gasteiger partial charge is 0.435 e. The highest BCUT2D eigenvalue weighted by molar-refractivity contribution is 9.10. The van der Waals surface area contributed by atoms with Crippen molar-refractivity contribution in [3.05, 3.63) is 88.4 Å². The quantitative estimate of drug-likeness (QED) is 0.235. The van der Waals surface area contributed by atoms with Crippen molar-refractivity contribution in [1.82, 2.24) is 9.88 Å². The molecule has 1 aromatic heterocycles. The van der Waals surface area contributed by atoms with Crippen molar-refractivity contribution in [2.45, 2.75) is 6.42 Å². The van der Waals surface area contributed by atoms with Gasteiger partial charge in [-0.3, -0.25) is 4.84 Å². The SMILES string of the molecule is CN(C)C(=O)O/N=C1\Cc2c(nc3cccc(Br)c3c2-c2ccccc2)Oc2ccccc21. The molecule has 3 aromatic carbocycles. The van der Waals surface area contributed by atoms with E-state index in [0.717, 1.165) is 37.6 Å². The first-order valence-corrected chi connectivity index (χ1v) is 11.2. The standard InChI is InChI=1S/C26H20BrN3O3/c1-30(2)26(31)33-29-21-15-18-23(16-9-4-3-5-10-16)24-19(27)12-8-13-20(24)28-25(18)32-22-14-7-6-11-17(21)22/h3-14H,15H2,1-2H3/b29-21+. The molecule has 2 heterocycles. The van der Waals surface area contributed by atoms with Crippen LogP contribution in [0, 0.1) is 0 Å². The van der Waals surface area contributed by atoms with Crippen LogP contribution in [0.5, 0.6) is 11.6 Å². The number of oxime groups is 1. The fourth-order valence-corrected chi connectivity index (χ4v) is 4.43. The lowest BCUT2D eigenvalue weighted by Crippen LogP contribution is -2.21. The molecule has 0 saturated heterocycles. The number of para-hydroxylation sites is 1. The van der Waals surface area contributed by atoms with Gasteiger partial charge in [0, 0.05) is 47.1 Å². The molecule has 0 atom stereocenters. The number of amides is 1. The first kappa shape index (κ1) is 21.2. The van der Waals surface area contributed by atoms with E-state index in [2.05, 4.69) is 33.2 Å². The summed E-state index contributed by atoms with van der Waals surface area (Å²) in [5.41, 5.74) is 5.07. The zero-order valence-corrected chi connectivity index (χ0v) is 19.7. The van der Waals surface area contributed by atoms with Crippen molar-refractivity contribution in [1.29, 1.82) is 0 Å². The van der Waals surface area contributed by atoms with Gasteiger partial charge in [0.05, 0.1) is 11.2 Å². The predicted octanol–water partition coefficient (Wildman–Crippen LogP) is 6.42. The summed E-state index contributed by atoms with van der Waals surface area (Å²) in [6, 6.07) is 23.6. The summed E-state index contributed by atoms with van der Waals surface area (Å²) in [5.74, 6) is 1.12. The molecule has 0 saturated carbocycles. The minimum atomic E-state index is -0.548. The number of fused-ring (bicyclic) bond motifs is 3. The number of ether oxygens (including phenoxy) is 1. The van der Waals surface area contributed by atoms with Gasteiger partial charge < -0.3 is 9.64 Å². The number of carbonyl (C=O) groups excluding carboxylic acids is 1. The number of nitrogens with zero attached hydrogens (tertiary/aromatic N) is 3. The van der Waals surface area contributed by atoms with Gasteiger partial charge >= 0.3 is 6.09 Å². The lowest BCUT2D eigenvalue weighted by Gasteiger charge is -2.16.